The van der Waals surface area contributed by atoms with Crippen molar-refractivity contribution in [3.05, 3.63) is 73.1 Å². The van der Waals surface area contributed by atoms with E-state index < -0.39 is 0 Å². The Morgan fingerprint density at radius 1 is 1.42 bits per heavy atom. The van der Waals surface area contributed by atoms with E-state index in [2.05, 4.69) is 36.7 Å². The molecule has 159 valence electrons. The zero-order chi connectivity index (χ0) is 21.6. The van der Waals surface area contributed by atoms with Crippen molar-refractivity contribution in [1.29, 1.82) is 0 Å². The highest BCUT2D eigenvalue weighted by Gasteiger charge is 2.37. The molecule has 10 heteroatoms. The van der Waals surface area contributed by atoms with Crippen molar-refractivity contribution in [2.75, 3.05) is 30.4 Å². The van der Waals surface area contributed by atoms with Gasteiger partial charge in [-0.3, -0.25) is 19.5 Å². The first-order chi connectivity index (χ1) is 15.1. The Hall–Kier alpha value is -3.34. The Labute approximate surface area is 184 Å². The maximum absolute atomic E-state index is 11.9. The molecule has 3 heterocycles. The number of aromatic nitrogens is 2. The number of benzene rings is 1. The molecule has 0 bridgehead atoms. The van der Waals surface area contributed by atoms with E-state index >= 15 is 0 Å². The van der Waals surface area contributed by atoms with Gasteiger partial charge < -0.3 is 10.1 Å². The van der Waals surface area contributed by atoms with Crippen LogP contribution in [0.5, 0.6) is 0 Å². The van der Waals surface area contributed by atoms with Crippen molar-refractivity contribution in [2.45, 2.75) is 11.8 Å². The first kappa shape index (κ1) is 20.9. The van der Waals surface area contributed by atoms with Crippen LogP contribution in [0.25, 0.3) is 0 Å². The first-order valence-corrected chi connectivity index (χ1v) is 10.4. The van der Waals surface area contributed by atoms with E-state index in [1.165, 1.54) is 0 Å². The Balaban J connectivity index is 1.40. The topological polar surface area (TPSA) is 101 Å². The maximum Gasteiger partial charge on any atom is 0.285 e. The number of anilines is 2. The number of hydrogen-bond acceptors (Lipinski definition) is 8. The Bertz CT molecular complexity index is 1040. The summed E-state index contributed by atoms with van der Waals surface area (Å²) in [6.07, 6.45) is 7.34. The fraction of sp³-hybridized carbons (Fsp3) is 0.190. The minimum atomic E-state index is -0.197. The number of aliphatic imine (C=N–C) groups is 1. The quantitative estimate of drug-likeness (QED) is 0.241. The molecule has 0 aliphatic carbocycles. The molecule has 1 amide bonds. The number of hydrogen-bond donors (Lipinski definition) is 3. The second-order valence-electron chi connectivity index (χ2n) is 6.83. The molecule has 31 heavy (non-hydrogen) atoms. The number of aryl methyl sites for hydroxylation is 1. The van der Waals surface area contributed by atoms with Gasteiger partial charge in [-0.05, 0) is 48.0 Å². The van der Waals surface area contributed by atoms with Crippen LogP contribution in [0.15, 0.2) is 77.3 Å². The van der Waals surface area contributed by atoms with Gasteiger partial charge in [0.2, 0.25) is 5.91 Å². The first-order valence-electron chi connectivity index (χ1n) is 9.67. The molecular formula is C21H23N7O2S+. The molecule has 0 fully saturated rings. The number of amides is 1. The number of rotatable bonds is 9. The summed E-state index contributed by atoms with van der Waals surface area (Å²) in [6.45, 7) is 6.51. The third kappa shape index (κ3) is 5.43. The summed E-state index contributed by atoms with van der Waals surface area (Å²) in [6, 6.07) is 9.61. The van der Waals surface area contributed by atoms with E-state index in [0.29, 0.717) is 13.2 Å². The highest BCUT2D eigenvalue weighted by Crippen LogP contribution is 2.29. The molecule has 1 aromatic carbocycles. The summed E-state index contributed by atoms with van der Waals surface area (Å²) in [7, 11) is 0. The van der Waals surface area contributed by atoms with Crippen molar-refractivity contribution in [3.63, 3.8) is 0 Å². The Morgan fingerprint density at radius 3 is 3.00 bits per heavy atom. The van der Waals surface area contributed by atoms with Gasteiger partial charge in [-0.15, -0.1) is 6.58 Å². The van der Waals surface area contributed by atoms with Gasteiger partial charge >= 0.3 is 0 Å². The predicted octanol–water partition coefficient (Wildman–Crippen LogP) is 3.12. The number of aromatic amines is 1. The molecule has 0 spiro atoms. The van der Waals surface area contributed by atoms with Crippen LogP contribution in [0, 0.1) is 6.92 Å². The average molecular weight is 438 g/mol. The second kappa shape index (κ2) is 9.65. The minimum Gasteiger partial charge on any atom is -0.368 e. The molecule has 1 aromatic heterocycles. The van der Waals surface area contributed by atoms with Gasteiger partial charge in [0.25, 0.3) is 11.7 Å². The summed E-state index contributed by atoms with van der Waals surface area (Å²) in [5.74, 6) is 2.33. The Morgan fingerprint density at radius 2 is 2.26 bits per heavy atom. The third-order valence-corrected chi connectivity index (χ3v) is 5.28. The summed E-state index contributed by atoms with van der Waals surface area (Å²) in [4.78, 5) is 19.4. The fourth-order valence-electron chi connectivity index (χ4n) is 2.99. The molecule has 0 saturated heterocycles. The van der Waals surface area contributed by atoms with E-state index in [1.54, 1.807) is 24.2 Å². The molecule has 0 atom stereocenters. The van der Waals surface area contributed by atoms with E-state index in [0.717, 1.165) is 33.8 Å². The number of carbonyl (C=O) groups excluding carboxylic acids is 1. The average Bonchev–Trinajstić information content (AvgIpc) is 3.38. The SMILES string of the molecule is C=CCOCC(=O)Nc1ccc(SN2C=C(Nc3cc(C)[nH]n3)[N+]3C=CN=C3C2)cc1. The van der Waals surface area contributed by atoms with Crippen molar-refractivity contribution < 1.29 is 9.53 Å². The van der Waals surface area contributed by atoms with Crippen LogP contribution in [0.1, 0.15) is 5.69 Å². The second-order valence-corrected chi connectivity index (χ2v) is 7.95. The molecule has 2 aliphatic heterocycles. The van der Waals surface area contributed by atoms with Crippen LogP contribution in [0.2, 0.25) is 0 Å². The molecule has 9 nitrogen and oxygen atoms in total. The maximum atomic E-state index is 11.9. The number of ether oxygens (including phenoxy) is 1. The molecule has 2 aliphatic rings. The van der Waals surface area contributed by atoms with Crippen molar-refractivity contribution in [2.24, 2.45) is 4.99 Å². The van der Waals surface area contributed by atoms with E-state index in [9.17, 15) is 4.79 Å². The minimum absolute atomic E-state index is 0.000950. The molecular weight excluding hydrogens is 414 g/mol. The van der Waals surface area contributed by atoms with E-state index in [4.69, 9.17) is 4.74 Å². The van der Waals surface area contributed by atoms with Crippen LogP contribution in [0.4, 0.5) is 11.5 Å². The molecule has 3 N–H and O–H groups in total. The normalized spacial score (nSPS) is 15.3. The molecule has 0 saturated carbocycles. The van der Waals surface area contributed by atoms with Gasteiger partial charge in [0.15, 0.2) is 12.0 Å². The smallest absolute Gasteiger partial charge is 0.285 e. The van der Waals surface area contributed by atoms with Crippen molar-refractivity contribution in [1.82, 2.24) is 19.4 Å². The summed E-state index contributed by atoms with van der Waals surface area (Å²) in [5, 5.41) is 13.3. The number of nitrogens with one attached hydrogen (secondary N) is 3. The van der Waals surface area contributed by atoms with Crippen LogP contribution < -0.4 is 15.5 Å². The zero-order valence-electron chi connectivity index (χ0n) is 17.0. The van der Waals surface area contributed by atoms with Gasteiger partial charge in [-0.1, -0.05) is 6.08 Å². The lowest BCUT2D eigenvalue weighted by atomic mass is 10.3. The summed E-state index contributed by atoms with van der Waals surface area (Å²) < 4.78 is 7.25. The lowest BCUT2D eigenvalue weighted by Gasteiger charge is -2.24. The number of H-pyrrole nitrogens is 1. The third-order valence-electron chi connectivity index (χ3n) is 4.33. The van der Waals surface area contributed by atoms with Crippen molar-refractivity contribution >= 4 is 35.2 Å². The van der Waals surface area contributed by atoms with Gasteiger partial charge in [0.1, 0.15) is 13.2 Å². The van der Waals surface area contributed by atoms with Gasteiger partial charge in [0.05, 0.1) is 19.0 Å². The predicted molar refractivity (Wildman–Crippen MR) is 122 cm³/mol. The molecule has 2 aromatic rings. The number of carbonyl (C=O) groups is 1. The highest BCUT2D eigenvalue weighted by atomic mass is 32.2. The summed E-state index contributed by atoms with van der Waals surface area (Å²) >= 11 is 1.58. The lowest BCUT2D eigenvalue weighted by Crippen LogP contribution is -2.42. The number of fused-ring (bicyclic) bond motifs is 1. The fourth-order valence-corrected chi connectivity index (χ4v) is 3.85. The van der Waals surface area contributed by atoms with Crippen molar-refractivity contribution in [3.8, 4) is 0 Å². The van der Waals surface area contributed by atoms with E-state index in [-0.39, 0.29) is 12.5 Å². The standard InChI is InChI=1S/C21H23N7O2S/c1-3-10-30-14-21(29)23-16-4-6-17(7-5-16)31-27-12-19-22-8-9-28(19)20(13-27)24-18-11-15(2)25-26-18/h3-9,11,13H,1,10,12,14H2,2H3,(H,23,29)(H2,24,25,26)/q+1. The van der Waals surface area contributed by atoms with Crippen LogP contribution in [-0.4, -0.2) is 46.0 Å². The zero-order valence-corrected chi connectivity index (χ0v) is 17.9. The highest BCUT2D eigenvalue weighted by molar-refractivity contribution is 7.97. The molecule has 1 radical (unpaired) electrons. The lowest BCUT2D eigenvalue weighted by molar-refractivity contribution is -0.120. The van der Waals surface area contributed by atoms with Crippen LogP contribution in [0.3, 0.4) is 0 Å². The van der Waals surface area contributed by atoms with Gasteiger partial charge in [-0.2, -0.15) is 10.1 Å². The number of nitrogens with zero attached hydrogens (tertiary/aromatic N) is 4. The monoisotopic (exact) mass is 437 g/mol. The van der Waals surface area contributed by atoms with Gasteiger partial charge in [0, 0.05) is 22.3 Å². The summed E-state index contributed by atoms with van der Waals surface area (Å²) in [5.41, 5.74) is 1.70. The largest absolute Gasteiger partial charge is 0.368 e. The molecule has 0 unspecified atom stereocenters. The van der Waals surface area contributed by atoms with Gasteiger partial charge in [-0.25, -0.2) is 0 Å². The van der Waals surface area contributed by atoms with E-state index in [1.807, 2.05) is 54.6 Å². The van der Waals surface area contributed by atoms with Crippen LogP contribution in [-0.2, 0) is 9.53 Å². The Kier molecular flexibility index (Phi) is 6.51. The van der Waals surface area contributed by atoms with Crippen LogP contribution >= 0.6 is 11.9 Å². The molecule has 4 rings (SSSR count). The number of amidine groups is 1.